The minimum absolute atomic E-state index is 0.595. The maximum Gasteiger partial charge on any atom is 0.111 e. The van der Waals surface area contributed by atoms with Crippen LogP contribution in [0.5, 0.6) is 0 Å². The molecule has 0 fully saturated rings. The first-order valence-corrected chi connectivity index (χ1v) is 7.72. The third-order valence-corrected chi connectivity index (χ3v) is 3.86. The molecule has 0 amide bonds. The molecule has 0 bridgehead atoms. The van der Waals surface area contributed by atoms with Crippen molar-refractivity contribution < 1.29 is 0 Å². The quantitative estimate of drug-likeness (QED) is 0.672. The molecule has 0 aliphatic heterocycles. The third kappa shape index (κ3) is 3.08. The molecular formula is C17H18ClN3. The van der Waals surface area contributed by atoms with Gasteiger partial charge >= 0.3 is 0 Å². The van der Waals surface area contributed by atoms with E-state index in [1.165, 1.54) is 16.6 Å². The average molecular weight is 300 g/mol. The number of aromatic nitrogens is 3. The first-order valence-electron chi connectivity index (χ1n) is 7.18. The number of imidazole rings is 1. The van der Waals surface area contributed by atoms with Crippen LogP contribution in [-0.2, 0) is 19.4 Å². The lowest BCUT2D eigenvalue weighted by Crippen LogP contribution is -2.07. The van der Waals surface area contributed by atoms with E-state index in [2.05, 4.69) is 46.8 Å². The molecule has 0 saturated carbocycles. The summed E-state index contributed by atoms with van der Waals surface area (Å²) >= 11 is 5.92. The van der Waals surface area contributed by atoms with Crippen molar-refractivity contribution in [1.29, 1.82) is 0 Å². The van der Waals surface area contributed by atoms with Crippen molar-refractivity contribution in [2.24, 2.45) is 0 Å². The van der Waals surface area contributed by atoms with E-state index in [4.69, 9.17) is 16.6 Å². The fourth-order valence-corrected chi connectivity index (χ4v) is 2.77. The number of aryl methyl sites for hydroxylation is 4. The molecule has 0 atom stereocenters. The second-order valence-corrected chi connectivity index (χ2v) is 5.59. The highest BCUT2D eigenvalue weighted by Gasteiger charge is 2.10. The first kappa shape index (κ1) is 14.1. The van der Waals surface area contributed by atoms with Crippen LogP contribution in [0.15, 0.2) is 42.7 Å². The SMILES string of the molecule is Cc1ccc2nc(CCCl)n(CCc3ccncc3)c2c1. The lowest BCUT2D eigenvalue weighted by molar-refractivity contribution is 0.674. The number of alkyl halides is 1. The highest BCUT2D eigenvalue weighted by atomic mass is 35.5. The summed E-state index contributed by atoms with van der Waals surface area (Å²) in [5.41, 5.74) is 4.79. The molecule has 1 aromatic carbocycles. The van der Waals surface area contributed by atoms with Gasteiger partial charge in [0.15, 0.2) is 0 Å². The summed E-state index contributed by atoms with van der Waals surface area (Å²) in [6, 6.07) is 10.5. The Morgan fingerprint density at radius 2 is 1.90 bits per heavy atom. The summed E-state index contributed by atoms with van der Waals surface area (Å²) in [6.45, 7) is 3.02. The van der Waals surface area contributed by atoms with Crippen LogP contribution in [-0.4, -0.2) is 20.4 Å². The molecule has 0 radical (unpaired) electrons. The number of hydrogen-bond acceptors (Lipinski definition) is 2. The fourth-order valence-electron chi connectivity index (χ4n) is 2.60. The van der Waals surface area contributed by atoms with Gasteiger partial charge in [0.25, 0.3) is 0 Å². The number of fused-ring (bicyclic) bond motifs is 1. The van der Waals surface area contributed by atoms with Crippen molar-refractivity contribution in [2.45, 2.75) is 26.3 Å². The van der Waals surface area contributed by atoms with Gasteiger partial charge in [0.2, 0.25) is 0 Å². The van der Waals surface area contributed by atoms with E-state index < -0.39 is 0 Å². The van der Waals surface area contributed by atoms with Gasteiger partial charge in [-0.1, -0.05) is 6.07 Å². The normalized spacial score (nSPS) is 11.1. The summed E-state index contributed by atoms with van der Waals surface area (Å²) in [5.74, 6) is 1.66. The predicted octanol–water partition coefficient (Wildman–Crippen LogP) is 3.76. The molecule has 3 rings (SSSR count). The average Bonchev–Trinajstić information content (AvgIpc) is 2.83. The van der Waals surface area contributed by atoms with Crippen LogP contribution >= 0.6 is 11.6 Å². The lowest BCUT2D eigenvalue weighted by atomic mass is 10.2. The summed E-state index contributed by atoms with van der Waals surface area (Å²) in [6.07, 6.45) is 5.44. The number of halogens is 1. The lowest BCUT2D eigenvalue weighted by Gasteiger charge is -2.09. The van der Waals surface area contributed by atoms with Gasteiger partial charge in [-0.15, -0.1) is 11.6 Å². The molecule has 0 saturated heterocycles. The Morgan fingerprint density at radius 1 is 1.10 bits per heavy atom. The van der Waals surface area contributed by atoms with Crippen LogP contribution in [0.1, 0.15) is 17.0 Å². The minimum Gasteiger partial charge on any atom is -0.328 e. The van der Waals surface area contributed by atoms with E-state index in [1.54, 1.807) is 0 Å². The highest BCUT2D eigenvalue weighted by molar-refractivity contribution is 6.17. The van der Waals surface area contributed by atoms with Crippen molar-refractivity contribution in [2.75, 3.05) is 5.88 Å². The molecular weight excluding hydrogens is 282 g/mol. The summed E-state index contributed by atoms with van der Waals surface area (Å²) < 4.78 is 2.30. The van der Waals surface area contributed by atoms with E-state index >= 15 is 0 Å². The zero-order valence-corrected chi connectivity index (χ0v) is 12.8. The molecule has 3 nitrogen and oxygen atoms in total. The second kappa shape index (κ2) is 6.27. The molecule has 2 aromatic heterocycles. The fraction of sp³-hybridized carbons (Fsp3) is 0.294. The summed E-state index contributed by atoms with van der Waals surface area (Å²) in [4.78, 5) is 8.78. The Balaban J connectivity index is 1.94. The van der Waals surface area contributed by atoms with Crippen molar-refractivity contribution in [3.63, 3.8) is 0 Å². The summed E-state index contributed by atoms with van der Waals surface area (Å²) in [5, 5.41) is 0. The molecule has 0 N–H and O–H groups in total. The molecule has 108 valence electrons. The maximum absolute atomic E-state index is 5.92. The van der Waals surface area contributed by atoms with Crippen molar-refractivity contribution in [3.05, 3.63) is 59.7 Å². The van der Waals surface area contributed by atoms with Crippen molar-refractivity contribution in [3.8, 4) is 0 Å². The second-order valence-electron chi connectivity index (χ2n) is 5.22. The standard InChI is InChI=1S/C17H18ClN3/c1-13-2-3-15-16(12-13)21(17(20-15)4-8-18)11-7-14-5-9-19-10-6-14/h2-3,5-6,9-10,12H,4,7-8,11H2,1H3. The molecule has 4 heteroatoms. The molecule has 2 heterocycles. The number of benzene rings is 1. The topological polar surface area (TPSA) is 30.7 Å². The molecule has 0 aliphatic carbocycles. The predicted molar refractivity (Wildman–Crippen MR) is 86.8 cm³/mol. The van der Waals surface area contributed by atoms with Gasteiger partial charge in [0.05, 0.1) is 11.0 Å². The number of hydrogen-bond donors (Lipinski definition) is 0. The molecule has 0 spiro atoms. The number of nitrogens with zero attached hydrogens (tertiary/aromatic N) is 3. The third-order valence-electron chi connectivity index (χ3n) is 3.67. The first-order chi connectivity index (χ1) is 10.3. The zero-order valence-electron chi connectivity index (χ0n) is 12.1. The van der Waals surface area contributed by atoms with E-state index in [0.717, 1.165) is 30.7 Å². The van der Waals surface area contributed by atoms with Gasteiger partial charge in [-0.3, -0.25) is 4.98 Å². The van der Waals surface area contributed by atoms with Gasteiger partial charge in [-0.25, -0.2) is 4.98 Å². The van der Waals surface area contributed by atoms with Gasteiger partial charge in [-0.05, 0) is 48.7 Å². The molecule has 0 unspecified atom stereocenters. The summed E-state index contributed by atoms with van der Waals surface area (Å²) in [7, 11) is 0. The Hall–Kier alpha value is -1.87. The van der Waals surface area contributed by atoms with E-state index in [1.807, 2.05) is 12.4 Å². The minimum atomic E-state index is 0.595. The van der Waals surface area contributed by atoms with Gasteiger partial charge in [0, 0.05) is 31.2 Å². The van der Waals surface area contributed by atoms with Crippen LogP contribution in [0, 0.1) is 6.92 Å². The molecule has 0 aliphatic rings. The number of pyridine rings is 1. The Morgan fingerprint density at radius 3 is 2.67 bits per heavy atom. The Kier molecular flexibility index (Phi) is 4.20. The van der Waals surface area contributed by atoms with Crippen LogP contribution < -0.4 is 0 Å². The van der Waals surface area contributed by atoms with E-state index in [0.29, 0.717) is 5.88 Å². The van der Waals surface area contributed by atoms with Gasteiger partial charge in [0.1, 0.15) is 5.82 Å². The molecule has 3 aromatic rings. The Labute approximate surface area is 129 Å². The van der Waals surface area contributed by atoms with Gasteiger partial charge < -0.3 is 4.57 Å². The van der Waals surface area contributed by atoms with Crippen LogP contribution in [0.25, 0.3) is 11.0 Å². The highest BCUT2D eigenvalue weighted by Crippen LogP contribution is 2.19. The van der Waals surface area contributed by atoms with Crippen LogP contribution in [0.3, 0.4) is 0 Å². The van der Waals surface area contributed by atoms with Crippen LogP contribution in [0.2, 0.25) is 0 Å². The maximum atomic E-state index is 5.92. The van der Waals surface area contributed by atoms with E-state index in [-0.39, 0.29) is 0 Å². The smallest absolute Gasteiger partial charge is 0.111 e. The van der Waals surface area contributed by atoms with Crippen molar-refractivity contribution >= 4 is 22.6 Å². The zero-order chi connectivity index (χ0) is 14.7. The van der Waals surface area contributed by atoms with Gasteiger partial charge in [-0.2, -0.15) is 0 Å². The van der Waals surface area contributed by atoms with E-state index in [9.17, 15) is 0 Å². The van der Waals surface area contributed by atoms with Crippen LogP contribution in [0.4, 0.5) is 0 Å². The monoisotopic (exact) mass is 299 g/mol. The van der Waals surface area contributed by atoms with Crippen molar-refractivity contribution in [1.82, 2.24) is 14.5 Å². The number of rotatable bonds is 5. The Bertz CT molecular complexity index is 734. The largest absolute Gasteiger partial charge is 0.328 e. The molecule has 21 heavy (non-hydrogen) atoms.